The van der Waals surface area contributed by atoms with Gasteiger partial charge < -0.3 is 5.11 Å². The molecule has 3 rings (SSSR count). The van der Waals surface area contributed by atoms with E-state index < -0.39 is 12.1 Å². The van der Waals surface area contributed by atoms with Crippen molar-refractivity contribution in [3.8, 4) is 0 Å². The van der Waals surface area contributed by atoms with Crippen LogP contribution in [-0.4, -0.2) is 27.3 Å². The highest BCUT2D eigenvalue weighted by Gasteiger charge is 2.49. The summed E-state index contributed by atoms with van der Waals surface area (Å²) in [5.74, 6) is 0.938. The first-order chi connectivity index (χ1) is 12.3. The summed E-state index contributed by atoms with van der Waals surface area (Å²) in [7, 11) is 0. The average molecular weight is 395 g/mol. The largest absolute Gasteiger partial charge is 0.392 e. The molecule has 4 nitrogen and oxygen atoms in total. The molecule has 0 unspecified atom stereocenters. The normalized spacial score (nSPS) is 21.2. The number of rotatable bonds is 6. The lowest BCUT2D eigenvalue weighted by Gasteiger charge is -2.23. The Morgan fingerprint density at radius 1 is 1.42 bits per heavy atom. The van der Waals surface area contributed by atoms with Gasteiger partial charge in [0, 0.05) is 10.9 Å². The van der Waals surface area contributed by atoms with Crippen LogP contribution in [0.4, 0.5) is 0 Å². The fourth-order valence-corrected chi connectivity index (χ4v) is 3.97. The molecular formula is C19H25BrN2O2. The van der Waals surface area contributed by atoms with Crippen molar-refractivity contribution in [1.82, 2.24) is 4.90 Å². The molecule has 130 valence electrons. The highest BCUT2D eigenvalue weighted by molar-refractivity contribution is 9.10. The molecule has 1 aromatic rings. The number of benzene rings is 1. The van der Waals surface area contributed by atoms with Crippen LogP contribution in [0, 0.1) is 0 Å². The Hall–Kier alpha value is -1.20. The molecule has 24 heavy (non-hydrogen) atoms. The molecule has 0 aromatic heterocycles. The summed E-state index contributed by atoms with van der Waals surface area (Å²) >= 11 is 3.28. The average Bonchev–Trinajstić information content (AvgIpc) is 3.15. The minimum Gasteiger partial charge on any atom is -0.392 e. The van der Waals surface area contributed by atoms with Gasteiger partial charge in [0.15, 0.2) is 0 Å². The van der Waals surface area contributed by atoms with Crippen LogP contribution in [-0.2, 0) is 17.9 Å². The van der Waals surface area contributed by atoms with Crippen molar-refractivity contribution in [3.05, 3.63) is 33.8 Å². The predicted molar refractivity (Wildman–Crippen MR) is 98.8 cm³/mol. The molecule has 0 atom stereocenters. The van der Waals surface area contributed by atoms with Crippen molar-refractivity contribution in [3.63, 3.8) is 0 Å². The summed E-state index contributed by atoms with van der Waals surface area (Å²) in [6.07, 6.45) is 6.54. The van der Waals surface area contributed by atoms with Crippen LogP contribution < -0.4 is 0 Å². The van der Waals surface area contributed by atoms with E-state index in [0.717, 1.165) is 56.3 Å². The van der Waals surface area contributed by atoms with E-state index >= 15 is 0 Å². The molecule has 5 heteroatoms. The van der Waals surface area contributed by atoms with E-state index in [-0.39, 0.29) is 11.5 Å². The minimum atomic E-state index is -2.43. The smallest absolute Gasteiger partial charge is 0.256 e. The zero-order valence-corrected chi connectivity index (χ0v) is 15.6. The Morgan fingerprint density at radius 2 is 2.17 bits per heavy atom. The number of aliphatic hydroxyl groups is 1. The Labute approximate surface area is 154 Å². The number of halogens is 1. The molecule has 0 saturated heterocycles. The van der Waals surface area contributed by atoms with Gasteiger partial charge in [0.25, 0.3) is 5.91 Å². The van der Waals surface area contributed by atoms with Crippen molar-refractivity contribution in [2.45, 2.75) is 70.5 Å². The van der Waals surface area contributed by atoms with Gasteiger partial charge in [-0.15, -0.1) is 0 Å². The fourth-order valence-electron chi connectivity index (χ4n) is 3.64. The second-order valence-corrected chi connectivity index (χ2v) is 7.54. The summed E-state index contributed by atoms with van der Waals surface area (Å²) in [5, 5.41) is 9.74. The van der Waals surface area contributed by atoms with Gasteiger partial charge in [-0.3, -0.25) is 14.7 Å². The highest BCUT2D eigenvalue weighted by atomic mass is 79.9. The summed E-state index contributed by atoms with van der Waals surface area (Å²) in [6, 6.07) is 5.19. The van der Waals surface area contributed by atoms with E-state index in [4.69, 9.17) is 7.73 Å². The number of unbranched alkanes of at least 4 members (excludes halogenated alkanes) is 1. The lowest BCUT2D eigenvalue weighted by atomic mass is 9.98. The molecule has 1 heterocycles. The second-order valence-electron chi connectivity index (χ2n) is 6.69. The molecule has 2 aliphatic rings. The molecule has 0 radical (unpaired) electrons. The molecule has 1 saturated carbocycles. The van der Waals surface area contributed by atoms with Crippen molar-refractivity contribution < 1.29 is 12.6 Å². The van der Waals surface area contributed by atoms with Gasteiger partial charge in [0.2, 0.25) is 0 Å². The number of carbonyl (C=O) groups is 1. The SMILES string of the molecule is [2H]C([2H])(O)c1cc(CN2C(=O)C3(CCCC3)N=C2CCCC)ccc1Br. The first kappa shape index (κ1) is 15.1. The first-order valence-electron chi connectivity index (χ1n) is 9.69. The van der Waals surface area contributed by atoms with Gasteiger partial charge in [0.05, 0.1) is 15.8 Å². The molecule has 1 amide bonds. The summed E-state index contributed by atoms with van der Waals surface area (Å²) in [6.45, 7) is 0.0481. The van der Waals surface area contributed by atoms with E-state index in [1.807, 2.05) is 6.07 Å². The lowest BCUT2D eigenvalue weighted by Crippen LogP contribution is -2.40. The number of carbonyl (C=O) groups excluding carboxylic acids is 1. The Morgan fingerprint density at radius 3 is 2.83 bits per heavy atom. The van der Waals surface area contributed by atoms with Crippen LogP contribution in [0.3, 0.4) is 0 Å². The second kappa shape index (κ2) is 7.36. The van der Waals surface area contributed by atoms with Gasteiger partial charge in [0.1, 0.15) is 11.4 Å². The molecule has 0 bridgehead atoms. The number of hydrogen-bond donors (Lipinski definition) is 1. The monoisotopic (exact) mass is 394 g/mol. The fraction of sp³-hybridized carbons (Fsp3) is 0.579. The van der Waals surface area contributed by atoms with Gasteiger partial charge >= 0.3 is 0 Å². The Bertz CT molecular complexity index is 725. The summed E-state index contributed by atoms with van der Waals surface area (Å²) in [4.78, 5) is 19.8. The molecule has 1 N–H and O–H groups in total. The van der Waals surface area contributed by atoms with Crippen LogP contribution in [0.2, 0.25) is 0 Å². The number of nitrogens with zero attached hydrogens (tertiary/aromatic N) is 2. The molecule has 1 aromatic carbocycles. The maximum atomic E-state index is 13.1. The molecule has 1 aliphatic carbocycles. The number of hydrogen-bond acceptors (Lipinski definition) is 3. The van der Waals surface area contributed by atoms with Crippen LogP contribution >= 0.6 is 15.9 Å². The van der Waals surface area contributed by atoms with Crippen LogP contribution in [0.15, 0.2) is 27.7 Å². The van der Waals surface area contributed by atoms with Crippen LogP contribution in [0.25, 0.3) is 0 Å². The molecular weight excluding hydrogens is 368 g/mol. The summed E-state index contributed by atoms with van der Waals surface area (Å²) in [5.41, 5.74) is 0.394. The van der Waals surface area contributed by atoms with Crippen LogP contribution in [0.5, 0.6) is 0 Å². The van der Waals surface area contributed by atoms with E-state index in [9.17, 15) is 9.90 Å². The van der Waals surface area contributed by atoms with E-state index in [2.05, 4.69) is 22.9 Å². The quantitative estimate of drug-likeness (QED) is 0.786. The van der Waals surface area contributed by atoms with Crippen LogP contribution in [0.1, 0.15) is 65.7 Å². The van der Waals surface area contributed by atoms with Gasteiger partial charge in [-0.25, -0.2) is 0 Å². The summed E-state index contributed by atoms with van der Waals surface area (Å²) < 4.78 is 15.7. The number of amides is 1. The number of amidine groups is 1. The van der Waals surface area contributed by atoms with E-state index in [1.165, 1.54) is 0 Å². The molecule has 1 spiro atoms. The molecule has 1 fully saturated rings. The van der Waals surface area contributed by atoms with E-state index in [0.29, 0.717) is 11.0 Å². The first-order valence-corrected chi connectivity index (χ1v) is 9.48. The van der Waals surface area contributed by atoms with Crippen molar-refractivity contribution in [2.75, 3.05) is 0 Å². The molecule has 1 aliphatic heterocycles. The van der Waals surface area contributed by atoms with Crippen molar-refractivity contribution >= 4 is 27.7 Å². The highest BCUT2D eigenvalue weighted by Crippen LogP contribution is 2.40. The Balaban J connectivity index is 1.88. The van der Waals surface area contributed by atoms with Gasteiger partial charge in [-0.2, -0.15) is 0 Å². The zero-order valence-electron chi connectivity index (χ0n) is 16.0. The van der Waals surface area contributed by atoms with Gasteiger partial charge in [-0.1, -0.05) is 54.2 Å². The van der Waals surface area contributed by atoms with Gasteiger partial charge in [-0.05, 0) is 36.5 Å². The van der Waals surface area contributed by atoms with E-state index in [1.54, 1.807) is 17.0 Å². The lowest BCUT2D eigenvalue weighted by molar-refractivity contribution is -0.131. The third-order valence-corrected chi connectivity index (χ3v) is 5.67. The standard InChI is InChI=1S/C19H25BrN2O2/c1-2-3-6-17-21-19(9-4-5-10-19)18(24)22(17)12-14-7-8-16(20)15(11-14)13-23/h7-8,11,23H,2-6,9-10,12-13H2,1H3/i13D2. The zero-order chi connectivity index (χ0) is 18.9. The Kier molecular flexibility index (Phi) is 4.63. The minimum absolute atomic E-state index is 0.0811. The van der Waals surface area contributed by atoms with Crippen molar-refractivity contribution in [2.24, 2.45) is 4.99 Å². The van der Waals surface area contributed by atoms with Crippen molar-refractivity contribution in [1.29, 1.82) is 0 Å². The maximum absolute atomic E-state index is 13.1. The third-order valence-electron chi connectivity index (χ3n) is 4.97. The maximum Gasteiger partial charge on any atom is 0.256 e. The third kappa shape index (κ3) is 3.29. The predicted octanol–water partition coefficient (Wildman–Crippen LogP) is 4.19. The topological polar surface area (TPSA) is 52.9 Å². The number of aliphatic imine (C=N–C) groups is 1.